The van der Waals surface area contributed by atoms with Gasteiger partial charge in [0.1, 0.15) is 5.60 Å². The number of rotatable bonds is 6. The van der Waals surface area contributed by atoms with Crippen LogP contribution < -0.4 is 16.4 Å². The Labute approximate surface area is 115 Å². The molecule has 0 rings (SSSR count). The van der Waals surface area contributed by atoms with Gasteiger partial charge in [-0.05, 0) is 52.4 Å². The number of hydrogen-bond acceptors (Lipinski definition) is 4. The number of alkyl carbamates (subject to hydrolysis) is 1. The molecule has 4 N–H and O–H groups in total. The normalized spacial score (nSPS) is 10.9. The van der Waals surface area contributed by atoms with E-state index in [9.17, 15) is 4.79 Å². The average Bonchev–Trinajstić information content (AvgIpc) is 2.20. The molecule has 0 aromatic heterocycles. The van der Waals surface area contributed by atoms with Crippen LogP contribution in [0.25, 0.3) is 0 Å². The highest BCUT2D eigenvalue weighted by Gasteiger charge is 2.16. The van der Waals surface area contributed by atoms with Crippen molar-refractivity contribution in [2.75, 3.05) is 13.1 Å². The number of carbonyl (C=O) groups is 1. The summed E-state index contributed by atoms with van der Waals surface area (Å²) in [6.07, 6.45) is 3.78. The van der Waals surface area contributed by atoms with Gasteiger partial charge < -0.3 is 15.8 Å². The van der Waals surface area contributed by atoms with Crippen molar-refractivity contribution >= 4 is 23.4 Å². The zero-order valence-corrected chi connectivity index (χ0v) is 12.4. The van der Waals surface area contributed by atoms with Crippen LogP contribution in [0, 0.1) is 0 Å². The molecule has 0 heterocycles. The van der Waals surface area contributed by atoms with E-state index in [0.717, 1.165) is 38.8 Å². The summed E-state index contributed by atoms with van der Waals surface area (Å²) in [5.74, 6) is 0. The molecule has 0 fully saturated rings. The SMILES string of the molecule is CC(C)(C)OC(=O)NC(=S)NCCCCCCN. The Morgan fingerprint density at radius 3 is 2.39 bits per heavy atom. The quantitative estimate of drug-likeness (QED) is 0.510. The van der Waals surface area contributed by atoms with Crippen molar-refractivity contribution in [3.63, 3.8) is 0 Å². The summed E-state index contributed by atoms with van der Waals surface area (Å²) in [6.45, 7) is 6.91. The molecule has 0 atom stereocenters. The Morgan fingerprint density at radius 2 is 1.83 bits per heavy atom. The number of ether oxygens (including phenoxy) is 1. The predicted molar refractivity (Wildman–Crippen MR) is 77.5 cm³/mol. The first kappa shape index (κ1) is 17.1. The van der Waals surface area contributed by atoms with Crippen LogP contribution in [0.2, 0.25) is 0 Å². The zero-order valence-electron chi connectivity index (χ0n) is 11.5. The number of nitrogens with two attached hydrogens (primary N) is 1. The lowest BCUT2D eigenvalue weighted by molar-refractivity contribution is 0.0562. The predicted octanol–water partition coefficient (Wildman–Crippen LogP) is 1.90. The van der Waals surface area contributed by atoms with Crippen molar-refractivity contribution in [1.29, 1.82) is 0 Å². The highest BCUT2D eigenvalue weighted by atomic mass is 32.1. The number of hydrogen-bond donors (Lipinski definition) is 3. The van der Waals surface area contributed by atoms with Gasteiger partial charge in [0.05, 0.1) is 0 Å². The lowest BCUT2D eigenvalue weighted by Gasteiger charge is -2.20. The van der Waals surface area contributed by atoms with Crippen molar-refractivity contribution in [1.82, 2.24) is 10.6 Å². The molecule has 0 aliphatic carbocycles. The van der Waals surface area contributed by atoms with Gasteiger partial charge in [0.15, 0.2) is 5.11 Å². The number of carbonyl (C=O) groups excluding carboxylic acids is 1. The van der Waals surface area contributed by atoms with Gasteiger partial charge in [-0.15, -0.1) is 0 Å². The molecule has 0 aromatic rings. The molecule has 0 aromatic carbocycles. The summed E-state index contributed by atoms with van der Waals surface area (Å²) in [5, 5.41) is 5.75. The largest absolute Gasteiger partial charge is 0.444 e. The van der Waals surface area contributed by atoms with Gasteiger partial charge >= 0.3 is 6.09 Å². The molecular formula is C12H25N3O2S. The maximum absolute atomic E-state index is 11.4. The van der Waals surface area contributed by atoms with Crippen molar-refractivity contribution < 1.29 is 9.53 Å². The van der Waals surface area contributed by atoms with E-state index in [1.54, 1.807) is 20.8 Å². The second-order valence-corrected chi connectivity index (χ2v) is 5.49. The van der Waals surface area contributed by atoms with Gasteiger partial charge in [0.2, 0.25) is 0 Å². The van der Waals surface area contributed by atoms with E-state index in [-0.39, 0.29) is 0 Å². The van der Waals surface area contributed by atoms with Crippen LogP contribution in [-0.2, 0) is 4.74 Å². The van der Waals surface area contributed by atoms with E-state index in [2.05, 4.69) is 10.6 Å². The van der Waals surface area contributed by atoms with Crippen LogP contribution in [0.4, 0.5) is 4.79 Å². The molecule has 1 amide bonds. The van der Waals surface area contributed by atoms with E-state index in [0.29, 0.717) is 5.11 Å². The number of unbranched alkanes of at least 4 members (excludes halogenated alkanes) is 3. The molecule has 6 heteroatoms. The monoisotopic (exact) mass is 275 g/mol. The molecule has 0 saturated carbocycles. The summed E-state index contributed by atoms with van der Waals surface area (Å²) in [4.78, 5) is 11.4. The first-order valence-corrected chi connectivity index (χ1v) is 6.74. The highest BCUT2D eigenvalue weighted by molar-refractivity contribution is 7.80. The minimum Gasteiger partial charge on any atom is -0.444 e. The number of nitrogens with one attached hydrogen (secondary N) is 2. The van der Waals surface area contributed by atoms with Crippen molar-refractivity contribution in [2.45, 2.75) is 52.1 Å². The van der Waals surface area contributed by atoms with Gasteiger partial charge in [-0.1, -0.05) is 12.8 Å². The molecule has 0 radical (unpaired) electrons. The minimum atomic E-state index is -0.525. The number of amides is 1. The third-order valence-corrected chi connectivity index (χ3v) is 2.28. The topological polar surface area (TPSA) is 76.4 Å². The third-order valence-electron chi connectivity index (χ3n) is 2.03. The Hall–Kier alpha value is -0.880. The molecule has 0 spiro atoms. The van der Waals surface area contributed by atoms with Gasteiger partial charge in [-0.3, -0.25) is 5.32 Å². The van der Waals surface area contributed by atoms with Crippen LogP contribution in [0.5, 0.6) is 0 Å². The van der Waals surface area contributed by atoms with Crippen LogP contribution in [0.1, 0.15) is 46.5 Å². The second kappa shape index (κ2) is 9.10. The fourth-order valence-corrected chi connectivity index (χ4v) is 1.45. The van der Waals surface area contributed by atoms with Crippen LogP contribution in [-0.4, -0.2) is 29.9 Å². The molecule has 0 bridgehead atoms. The van der Waals surface area contributed by atoms with Crippen LogP contribution in [0.15, 0.2) is 0 Å². The maximum atomic E-state index is 11.4. The molecule has 106 valence electrons. The van der Waals surface area contributed by atoms with Gasteiger partial charge in [0.25, 0.3) is 0 Å². The van der Waals surface area contributed by atoms with E-state index < -0.39 is 11.7 Å². The van der Waals surface area contributed by atoms with E-state index >= 15 is 0 Å². The molecular weight excluding hydrogens is 250 g/mol. The van der Waals surface area contributed by atoms with Crippen molar-refractivity contribution in [3.8, 4) is 0 Å². The number of thiocarbonyl (C=S) groups is 1. The molecule has 5 nitrogen and oxygen atoms in total. The lowest BCUT2D eigenvalue weighted by atomic mass is 10.2. The fourth-order valence-electron chi connectivity index (χ4n) is 1.27. The van der Waals surface area contributed by atoms with Crippen molar-refractivity contribution in [2.24, 2.45) is 5.73 Å². The highest BCUT2D eigenvalue weighted by Crippen LogP contribution is 2.06. The maximum Gasteiger partial charge on any atom is 0.413 e. The van der Waals surface area contributed by atoms with Gasteiger partial charge in [0, 0.05) is 6.54 Å². The van der Waals surface area contributed by atoms with Crippen LogP contribution in [0.3, 0.4) is 0 Å². The Bertz CT molecular complexity index is 265. The van der Waals surface area contributed by atoms with Gasteiger partial charge in [-0.2, -0.15) is 0 Å². The van der Waals surface area contributed by atoms with Crippen LogP contribution >= 0.6 is 12.2 Å². The Balaban J connectivity index is 3.56. The third kappa shape index (κ3) is 11.6. The summed E-state index contributed by atoms with van der Waals surface area (Å²) < 4.78 is 5.08. The van der Waals surface area contributed by atoms with E-state index in [1.807, 2.05) is 0 Å². The first-order chi connectivity index (χ1) is 8.35. The molecule has 18 heavy (non-hydrogen) atoms. The standard InChI is InChI=1S/C12H25N3O2S/c1-12(2,3)17-11(16)15-10(18)14-9-7-5-4-6-8-13/h4-9,13H2,1-3H3,(H2,14,15,16,18). The van der Waals surface area contributed by atoms with E-state index in [4.69, 9.17) is 22.7 Å². The Morgan fingerprint density at radius 1 is 1.22 bits per heavy atom. The first-order valence-electron chi connectivity index (χ1n) is 6.33. The summed E-state index contributed by atoms with van der Waals surface area (Å²) in [7, 11) is 0. The molecule has 0 saturated heterocycles. The zero-order chi connectivity index (χ0) is 14.0. The average molecular weight is 275 g/mol. The fraction of sp³-hybridized carbons (Fsp3) is 0.833. The summed E-state index contributed by atoms with van der Waals surface area (Å²) in [5.41, 5.74) is 4.89. The van der Waals surface area contributed by atoms with Crippen molar-refractivity contribution in [3.05, 3.63) is 0 Å². The minimum absolute atomic E-state index is 0.308. The smallest absolute Gasteiger partial charge is 0.413 e. The van der Waals surface area contributed by atoms with E-state index in [1.165, 1.54) is 0 Å². The van der Waals surface area contributed by atoms with Gasteiger partial charge in [-0.25, -0.2) is 4.79 Å². The molecule has 0 aliphatic rings. The lowest BCUT2D eigenvalue weighted by Crippen LogP contribution is -2.42. The summed E-state index contributed by atoms with van der Waals surface area (Å²) in [6, 6.07) is 0. The molecule has 0 aliphatic heterocycles. The second-order valence-electron chi connectivity index (χ2n) is 5.09. The summed E-state index contributed by atoms with van der Waals surface area (Å²) >= 11 is 4.98. The Kier molecular flexibility index (Phi) is 8.66. The molecule has 0 unspecified atom stereocenters.